The van der Waals surface area contributed by atoms with Crippen LogP contribution in [0.15, 0.2) is 54.4 Å². The summed E-state index contributed by atoms with van der Waals surface area (Å²) in [7, 11) is 0. The van der Waals surface area contributed by atoms with Crippen LogP contribution in [0.1, 0.15) is 98.9 Å². The molecule has 1 unspecified atom stereocenters. The van der Waals surface area contributed by atoms with Gasteiger partial charge in [-0.1, -0.05) is 88.8 Å². The second kappa shape index (κ2) is 16.4. The number of benzene rings is 1. The first-order valence-corrected chi connectivity index (χ1v) is 21.2. The van der Waals surface area contributed by atoms with Crippen LogP contribution in [0.3, 0.4) is 0 Å². The van der Waals surface area contributed by atoms with Crippen molar-refractivity contribution in [1.29, 1.82) is 0 Å². The van der Waals surface area contributed by atoms with Gasteiger partial charge in [0, 0.05) is 13.1 Å². The van der Waals surface area contributed by atoms with Gasteiger partial charge < -0.3 is 25.8 Å². The molecule has 0 bridgehead atoms. The highest BCUT2D eigenvalue weighted by Gasteiger charge is 2.65. The van der Waals surface area contributed by atoms with Crippen molar-refractivity contribution in [2.75, 3.05) is 13.1 Å². The summed E-state index contributed by atoms with van der Waals surface area (Å²) in [5.41, 5.74) is 1.59. The molecule has 294 valence electrons. The van der Waals surface area contributed by atoms with E-state index in [1.807, 2.05) is 28.5 Å². The number of amides is 5. The summed E-state index contributed by atoms with van der Waals surface area (Å²) in [6.45, 7) is 8.27. The Morgan fingerprint density at radius 2 is 1.67 bits per heavy atom. The molecule has 1 spiro atoms. The van der Waals surface area contributed by atoms with Gasteiger partial charge in [0.25, 0.3) is 11.8 Å². The zero-order valence-corrected chi connectivity index (χ0v) is 32.9. The van der Waals surface area contributed by atoms with Gasteiger partial charge in [-0.05, 0) is 84.8 Å². The SMILES string of the molecule is C=CCNC(=O)C(=O)C(CC1CCC1)NC(=O)[C@@H]1C[C@@H](C(C)C)CN1C(=O)[C@H](C1Cc2ccccc2C1)N1C(=O)[C@@H](NC(=O)c2cccs2)C12CCCCC2. The van der Waals surface area contributed by atoms with Crippen molar-refractivity contribution in [2.24, 2.45) is 23.7 Å². The molecule has 3 aliphatic carbocycles. The van der Waals surface area contributed by atoms with Crippen LogP contribution in [-0.2, 0) is 36.8 Å². The number of Topliss-reactive ketones (excluding diaryl/α,β-unsaturated/α-hetero) is 1. The number of carbonyl (C=O) groups is 6. The third kappa shape index (κ3) is 7.63. The highest BCUT2D eigenvalue weighted by Crippen LogP contribution is 2.49. The number of fused-ring (bicyclic) bond motifs is 1. The molecule has 1 aromatic carbocycles. The fourth-order valence-electron chi connectivity index (χ4n) is 9.90. The molecule has 3 N–H and O–H groups in total. The van der Waals surface area contributed by atoms with Crippen LogP contribution in [0.5, 0.6) is 0 Å². The van der Waals surface area contributed by atoms with Gasteiger partial charge in [-0.3, -0.25) is 28.8 Å². The molecule has 1 aromatic heterocycles. The molecule has 2 aliphatic heterocycles. The fourth-order valence-corrected chi connectivity index (χ4v) is 10.5. The third-order valence-corrected chi connectivity index (χ3v) is 14.1. The van der Waals surface area contributed by atoms with Gasteiger partial charge in [0.05, 0.1) is 16.5 Å². The summed E-state index contributed by atoms with van der Waals surface area (Å²) >= 11 is 1.33. The van der Waals surface area contributed by atoms with Crippen LogP contribution >= 0.6 is 11.3 Å². The van der Waals surface area contributed by atoms with E-state index in [1.165, 1.54) is 17.4 Å². The second-order valence-corrected chi connectivity index (χ2v) is 17.8. The van der Waals surface area contributed by atoms with Crippen LogP contribution in [0.4, 0.5) is 0 Å². The van der Waals surface area contributed by atoms with Gasteiger partial charge in [0.1, 0.15) is 18.1 Å². The van der Waals surface area contributed by atoms with Gasteiger partial charge in [-0.15, -0.1) is 17.9 Å². The predicted molar refractivity (Wildman–Crippen MR) is 210 cm³/mol. The largest absolute Gasteiger partial charge is 0.346 e. The maximum Gasteiger partial charge on any atom is 0.289 e. The van der Waals surface area contributed by atoms with Crippen molar-refractivity contribution < 1.29 is 28.8 Å². The number of nitrogens with zero attached hydrogens (tertiary/aromatic N) is 2. The molecule has 2 saturated carbocycles. The predicted octanol–water partition coefficient (Wildman–Crippen LogP) is 4.59. The maximum absolute atomic E-state index is 15.5. The Labute approximate surface area is 328 Å². The summed E-state index contributed by atoms with van der Waals surface area (Å²) in [5, 5.41) is 10.4. The number of rotatable bonds is 14. The highest BCUT2D eigenvalue weighted by molar-refractivity contribution is 7.12. The van der Waals surface area contributed by atoms with Crippen LogP contribution < -0.4 is 16.0 Å². The molecule has 4 fully saturated rings. The normalized spacial score (nSPS) is 24.4. The zero-order chi connectivity index (χ0) is 38.9. The Hall–Kier alpha value is -4.32. The molecule has 7 rings (SSSR count). The summed E-state index contributed by atoms with van der Waals surface area (Å²) in [6.07, 6.45) is 10.6. The van der Waals surface area contributed by atoms with Crippen molar-refractivity contribution in [3.63, 3.8) is 0 Å². The average molecular weight is 770 g/mol. The molecular formula is C43H55N5O6S. The molecule has 0 radical (unpaired) electrons. The molecule has 2 aromatic rings. The van der Waals surface area contributed by atoms with E-state index < -0.39 is 47.3 Å². The first-order valence-electron chi connectivity index (χ1n) is 20.3. The summed E-state index contributed by atoms with van der Waals surface area (Å²) in [5.74, 6) is -2.48. The quantitative estimate of drug-likeness (QED) is 0.146. The van der Waals surface area contributed by atoms with E-state index in [9.17, 15) is 24.0 Å². The fraction of sp³-hybridized carbons (Fsp3) is 0.581. The van der Waals surface area contributed by atoms with Crippen LogP contribution in [0.25, 0.3) is 0 Å². The lowest BCUT2D eigenvalue weighted by atomic mass is 9.66. The molecule has 2 saturated heterocycles. The Balaban J connectivity index is 1.20. The van der Waals surface area contributed by atoms with E-state index in [2.05, 4.69) is 48.5 Å². The Kier molecular flexibility index (Phi) is 11.6. The summed E-state index contributed by atoms with van der Waals surface area (Å²) < 4.78 is 0. The Morgan fingerprint density at radius 1 is 0.964 bits per heavy atom. The molecule has 5 aliphatic rings. The van der Waals surface area contributed by atoms with Crippen molar-refractivity contribution >= 4 is 46.7 Å². The van der Waals surface area contributed by atoms with E-state index >= 15 is 4.79 Å². The summed E-state index contributed by atoms with van der Waals surface area (Å²) in [6, 6.07) is 8.27. The number of likely N-dealkylation sites (tertiary alicyclic amines) is 2. The minimum absolute atomic E-state index is 0.0198. The molecular weight excluding hydrogens is 715 g/mol. The average Bonchev–Trinajstić information content (AvgIpc) is 3.96. The molecule has 11 nitrogen and oxygen atoms in total. The van der Waals surface area contributed by atoms with Crippen molar-refractivity contribution in [1.82, 2.24) is 25.8 Å². The monoisotopic (exact) mass is 769 g/mol. The van der Waals surface area contributed by atoms with E-state index in [1.54, 1.807) is 11.0 Å². The van der Waals surface area contributed by atoms with Crippen LogP contribution in [0.2, 0.25) is 0 Å². The number of β-lactam (4-membered cyclic amide) rings is 1. The lowest BCUT2D eigenvalue weighted by Crippen LogP contribution is -2.83. The van der Waals surface area contributed by atoms with Crippen LogP contribution in [0, 0.1) is 23.7 Å². The van der Waals surface area contributed by atoms with Gasteiger partial charge >= 0.3 is 0 Å². The topological polar surface area (TPSA) is 145 Å². The van der Waals surface area contributed by atoms with Gasteiger partial charge in [-0.25, -0.2) is 0 Å². The molecule has 3 heterocycles. The Bertz CT molecular complexity index is 1770. The van der Waals surface area contributed by atoms with Crippen LogP contribution in [-0.4, -0.2) is 87.9 Å². The number of hydrogen-bond donors (Lipinski definition) is 3. The number of hydrogen-bond acceptors (Lipinski definition) is 7. The maximum atomic E-state index is 15.5. The third-order valence-electron chi connectivity index (χ3n) is 13.2. The summed E-state index contributed by atoms with van der Waals surface area (Å²) in [4.78, 5) is 88.3. The van der Waals surface area contributed by atoms with Gasteiger partial charge in [0.15, 0.2) is 0 Å². The van der Waals surface area contributed by atoms with Gasteiger partial charge in [0.2, 0.25) is 23.5 Å². The standard InChI is InChI=1S/C43H55N5O6S/c1-4-19-44-40(52)36(49)32(21-27-12-10-13-27)45-38(50)33-24-31(26(2)3)25-47(33)41(53)35(30-22-28-14-6-7-15-29(28)23-30)48-42(54)37(43(48)17-8-5-9-18-43)46-39(51)34-16-11-20-55-34/h4,6-7,11,14-16,20,26-27,30-33,35,37H,1,5,8-10,12-13,17-19,21-25H2,2-3H3,(H,44,52)(H,45,50)(H,46,51)/t31-,32?,33+,35+,37-/m1/s1. The van der Waals surface area contributed by atoms with E-state index in [0.717, 1.165) is 49.7 Å². The minimum atomic E-state index is -1.01. The molecule has 5 atom stereocenters. The molecule has 12 heteroatoms. The van der Waals surface area contributed by atoms with Crippen molar-refractivity contribution in [3.05, 3.63) is 70.4 Å². The first-order chi connectivity index (χ1) is 26.5. The lowest BCUT2D eigenvalue weighted by Gasteiger charge is -2.62. The number of thiophene rings is 1. The van der Waals surface area contributed by atoms with Crippen molar-refractivity contribution in [2.45, 2.75) is 121 Å². The number of nitrogens with one attached hydrogen (secondary N) is 3. The van der Waals surface area contributed by atoms with E-state index in [4.69, 9.17) is 0 Å². The van der Waals surface area contributed by atoms with Gasteiger partial charge in [-0.2, -0.15) is 0 Å². The number of carbonyl (C=O) groups excluding carboxylic acids is 6. The Morgan fingerprint density at radius 3 is 2.27 bits per heavy atom. The van der Waals surface area contributed by atoms with E-state index in [0.29, 0.717) is 49.9 Å². The molecule has 55 heavy (non-hydrogen) atoms. The highest BCUT2D eigenvalue weighted by atomic mass is 32.1. The minimum Gasteiger partial charge on any atom is -0.346 e. The number of ketones is 1. The second-order valence-electron chi connectivity index (χ2n) is 16.8. The smallest absolute Gasteiger partial charge is 0.289 e. The zero-order valence-electron chi connectivity index (χ0n) is 32.1. The van der Waals surface area contributed by atoms with E-state index in [-0.39, 0.29) is 47.9 Å². The van der Waals surface area contributed by atoms with Crippen molar-refractivity contribution in [3.8, 4) is 0 Å². The lowest BCUT2D eigenvalue weighted by molar-refractivity contribution is -0.183. The molecule has 5 amide bonds. The first kappa shape index (κ1) is 38.9.